The Bertz CT molecular complexity index is 833. The molecular weight excluding hydrogens is 315 g/mol. The minimum absolute atomic E-state index is 0.233. The van der Waals surface area contributed by atoms with Gasteiger partial charge in [0, 0.05) is 24.8 Å². The number of benzene rings is 1. The zero-order valence-corrected chi connectivity index (χ0v) is 14.6. The van der Waals surface area contributed by atoms with Gasteiger partial charge in [0.25, 0.3) is 0 Å². The Morgan fingerprint density at radius 1 is 1.28 bits per heavy atom. The molecule has 4 nitrogen and oxygen atoms in total. The molecule has 0 spiro atoms. The summed E-state index contributed by atoms with van der Waals surface area (Å²) >= 11 is 0. The Morgan fingerprint density at radius 2 is 2.12 bits per heavy atom. The number of hydrogen-bond donors (Lipinski definition) is 0. The van der Waals surface area contributed by atoms with Crippen LogP contribution in [0.1, 0.15) is 60.1 Å². The van der Waals surface area contributed by atoms with E-state index in [1.165, 1.54) is 36.4 Å². The van der Waals surface area contributed by atoms with Crippen molar-refractivity contribution in [3.05, 3.63) is 52.4 Å². The lowest BCUT2D eigenvalue weighted by atomic mass is 10.0. The van der Waals surface area contributed by atoms with Crippen LogP contribution in [-0.2, 0) is 26.4 Å². The lowest BCUT2D eigenvalue weighted by Gasteiger charge is -2.24. The predicted molar refractivity (Wildman–Crippen MR) is 93.4 cm³/mol. The summed E-state index contributed by atoms with van der Waals surface area (Å²) in [6.07, 6.45) is 6.82. The summed E-state index contributed by atoms with van der Waals surface area (Å²) in [5.74, 6) is 0.894. The van der Waals surface area contributed by atoms with Crippen LogP contribution in [0.4, 0.5) is 4.39 Å². The topological polar surface area (TPSA) is 44.9 Å². The van der Waals surface area contributed by atoms with Gasteiger partial charge in [-0.25, -0.2) is 9.37 Å². The van der Waals surface area contributed by atoms with E-state index >= 15 is 0 Å². The van der Waals surface area contributed by atoms with Gasteiger partial charge < -0.3 is 4.57 Å². The SMILES string of the molecule is Cn1c([C@@H]2CCCN2Cc2cc(C#N)ccc2F)nc2c1CCCC2. The van der Waals surface area contributed by atoms with Crippen molar-refractivity contribution in [1.29, 1.82) is 5.26 Å². The fourth-order valence-electron chi connectivity index (χ4n) is 4.30. The highest BCUT2D eigenvalue weighted by Gasteiger charge is 2.31. The quantitative estimate of drug-likeness (QED) is 0.858. The van der Waals surface area contributed by atoms with Crippen LogP contribution < -0.4 is 0 Å². The second kappa shape index (κ2) is 6.61. The smallest absolute Gasteiger partial charge is 0.127 e. The number of likely N-dealkylation sites (tertiary alicyclic amines) is 1. The number of aromatic nitrogens is 2. The summed E-state index contributed by atoms with van der Waals surface area (Å²) in [5, 5.41) is 9.07. The zero-order chi connectivity index (χ0) is 17.4. The number of imidazole rings is 1. The summed E-state index contributed by atoms with van der Waals surface area (Å²) in [4.78, 5) is 7.27. The molecule has 2 heterocycles. The van der Waals surface area contributed by atoms with Gasteiger partial charge in [-0.1, -0.05) is 0 Å². The van der Waals surface area contributed by atoms with Crippen LogP contribution in [0, 0.1) is 17.1 Å². The first-order valence-electron chi connectivity index (χ1n) is 9.14. The number of halogens is 1. The second-order valence-electron chi connectivity index (χ2n) is 7.18. The molecule has 1 aromatic carbocycles. The van der Waals surface area contributed by atoms with E-state index in [9.17, 15) is 4.39 Å². The molecule has 1 atom stereocenters. The Labute approximate surface area is 147 Å². The molecule has 0 bridgehead atoms. The number of nitriles is 1. The lowest BCUT2D eigenvalue weighted by molar-refractivity contribution is 0.233. The molecule has 2 aromatic rings. The van der Waals surface area contributed by atoms with Gasteiger partial charge in [-0.2, -0.15) is 5.26 Å². The van der Waals surface area contributed by atoms with Crippen molar-refractivity contribution in [3.8, 4) is 6.07 Å². The van der Waals surface area contributed by atoms with Crippen LogP contribution in [0.3, 0.4) is 0 Å². The molecule has 0 N–H and O–H groups in total. The van der Waals surface area contributed by atoms with E-state index in [4.69, 9.17) is 10.2 Å². The molecule has 0 unspecified atom stereocenters. The van der Waals surface area contributed by atoms with E-state index in [0.29, 0.717) is 17.7 Å². The van der Waals surface area contributed by atoms with E-state index in [-0.39, 0.29) is 11.9 Å². The van der Waals surface area contributed by atoms with Gasteiger partial charge >= 0.3 is 0 Å². The van der Waals surface area contributed by atoms with Crippen molar-refractivity contribution in [3.63, 3.8) is 0 Å². The monoisotopic (exact) mass is 338 g/mol. The maximum atomic E-state index is 14.2. The average Bonchev–Trinajstić information content (AvgIpc) is 3.21. The van der Waals surface area contributed by atoms with Crippen LogP contribution >= 0.6 is 0 Å². The highest BCUT2D eigenvalue weighted by molar-refractivity contribution is 5.34. The largest absolute Gasteiger partial charge is 0.334 e. The first-order chi connectivity index (χ1) is 12.2. The lowest BCUT2D eigenvalue weighted by Crippen LogP contribution is -2.25. The van der Waals surface area contributed by atoms with Gasteiger partial charge in [0.05, 0.1) is 23.4 Å². The van der Waals surface area contributed by atoms with Crippen LogP contribution in [-0.4, -0.2) is 21.0 Å². The van der Waals surface area contributed by atoms with Gasteiger partial charge in [0.2, 0.25) is 0 Å². The van der Waals surface area contributed by atoms with E-state index in [1.54, 1.807) is 6.07 Å². The van der Waals surface area contributed by atoms with Crippen molar-refractivity contribution in [2.75, 3.05) is 6.54 Å². The molecule has 5 heteroatoms. The second-order valence-corrected chi connectivity index (χ2v) is 7.18. The Balaban J connectivity index is 1.61. The normalized spacial score (nSPS) is 20.4. The number of aryl methyl sites for hydroxylation is 1. The van der Waals surface area contributed by atoms with Gasteiger partial charge in [-0.3, -0.25) is 4.90 Å². The van der Waals surface area contributed by atoms with E-state index in [2.05, 4.69) is 22.6 Å². The van der Waals surface area contributed by atoms with Crippen molar-refractivity contribution >= 4 is 0 Å². The molecule has 0 amide bonds. The molecule has 25 heavy (non-hydrogen) atoms. The fraction of sp³-hybridized carbons (Fsp3) is 0.500. The molecule has 1 aromatic heterocycles. The van der Waals surface area contributed by atoms with Gasteiger partial charge in [-0.05, 0) is 63.3 Å². The molecular formula is C20H23FN4. The van der Waals surface area contributed by atoms with E-state index in [0.717, 1.165) is 38.1 Å². The van der Waals surface area contributed by atoms with E-state index in [1.807, 2.05) is 0 Å². The third kappa shape index (κ3) is 2.96. The number of rotatable bonds is 3. The highest BCUT2D eigenvalue weighted by Crippen LogP contribution is 2.35. The molecule has 0 saturated carbocycles. The first kappa shape index (κ1) is 16.3. The summed E-state index contributed by atoms with van der Waals surface area (Å²) in [5.41, 5.74) is 3.75. The Morgan fingerprint density at radius 3 is 2.92 bits per heavy atom. The summed E-state index contributed by atoms with van der Waals surface area (Å²) < 4.78 is 16.5. The average molecular weight is 338 g/mol. The standard InChI is InChI=1S/C20H23FN4/c1-24-18-6-3-2-5-17(18)23-20(24)19-7-4-10-25(19)13-15-11-14(12-22)8-9-16(15)21/h8-9,11,19H,2-7,10,13H2,1H3/t19-/m0/s1. The summed E-state index contributed by atoms with van der Waals surface area (Å²) in [6.45, 7) is 1.47. The van der Waals surface area contributed by atoms with Crippen LogP contribution in [0.25, 0.3) is 0 Å². The minimum atomic E-state index is -0.233. The Kier molecular flexibility index (Phi) is 4.30. The molecule has 130 valence electrons. The minimum Gasteiger partial charge on any atom is -0.334 e. The zero-order valence-electron chi connectivity index (χ0n) is 14.6. The maximum Gasteiger partial charge on any atom is 0.127 e. The van der Waals surface area contributed by atoms with Gasteiger partial charge in [0.15, 0.2) is 0 Å². The molecule has 0 radical (unpaired) electrons. The predicted octanol–water partition coefficient (Wildman–Crippen LogP) is 3.65. The fourth-order valence-corrected chi connectivity index (χ4v) is 4.30. The van der Waals surface area contributed by atoms with Crippen LogP contribution in [0.15, 0.2) is 18.2 Å². The van der Waals surface area contributed by atoms with Crippen LogP contribution in [0.5, 0.6) is 0 Å². The molecule has 1 fully saturated rings. The number of fused-ring (bicyclic) bond motifs is 1. The summed E-state index contributed by atoms with van der Waals surface area (Å²) in [6, 6.07) is 6.95. The maximum absolute atomic E-state index is 14.2. The van der Waals surface area contributed by atoms with E-state index < -0.39 is 0 Å². The third-order valence-electron chi connectivity index (χ3n) is 5.62. The van der Waals surface area contributed by atoms with Crippen molar-refractivity contribution in [2.24, 2.45) is 7.05 Å². The van der Waals surface area contributed by atoms with Crippen molar-refractivity contribution in [1.82, 2.24) is 14.5 Å². The summed E-state index contributed by atoms with van der Waals surface area (Å²) in [7, 11) is 2.12. The molecule has 4 rings (SSSR count). The van der Waals surface area contributed by atoms with Crippen molar-refractivity contribution in [2.45, 2.75) is 51.1 Å². The first-order valence-corrected chi connectivity index (χ1v) is 9.14. The van der Waals surface area contributed by atoms with Crippen molar-refractivity contribution < 1.29 is 4.39 Å². The molecule has 1 aliphatic heterocycles. The number of nitrogens with zero attached hydrogens (tertiary/aromatic N) is 4. The van der Waals surface area contributed by atoms with Gasteiger partial charge in [-0.15, -0.1) is 0 Å². The molecule has 1 saturated heterocycles. The molecule has 1 aliphatic carbocycles. The highest BCUT2D eigenvalue weighted by atomic mass is 19.1. The Hall–Kier alpha value is -2.19. The number of hydrogen-bond acceptors (Lipinski definition) is 3. The van der Waals surface area contributed by atoms with Crippen LogP contribution in [0.2, 0.25) is 0 Å². The van der Waals surface area contributed by atoms with Gasteiger partial charge in [0.1, 0.15) is 11.6 Å². The third-order valence-corrected chi connectivity index (χ3v) is 5.62. The molecule has 2 aliphatic rings.